The molecule has 2 rings (SSSR count). The van der Waals surface area contributed by atoms with Gasteiger partial charge in [0.05, 0.1) is 16.7 Å². The Bertz CT molecular complexity index is 703. The van der Waals surface area contributed by atoms with Crippen LogP contribution < -0.4 is 0 Å². The van der Waals surface area contributed by atoms with Crippen LogP contribution in [0.4, 0.5) is 0 Å². The molecule has 0 spiro atoms. The molecule has 1 atom stereocenters. The first kappa shape index (κ1) is 16.7. The predicted molar refractivity (Wildman–Crippen MR) is 89.3 cm³/mol. The summed E-state index contributed by atoms with van der Waals surface area (Å²) in [4.78, 5) is 0. The van der Waals surface area contributed by atoms with Crippen molar-refractivity contribution in [3.05, 3.63) is 53.9 Å². The van der Waals surface area contributed by atoms with E-state index in [-0.39, 0.29) is 17.7 Å². The lowest BCUT2D eigenvalue weighted by Gasteiger charge is -2.21. The van der Waals surface area contributed by atoms with Crippen molar-refractivity contribution in [1.29, 1.82) is 0 Å². The van der Waals surface area contributed by atoms with Crippen LogP contribution in [0.1, 0.15) is 50.2 Å². The second-order valence-electron chi connectivity index (χ2n) is 6.26. The first-order valence-corrected chi connectivity index (χ1v) is 9.33. The molecule has 0 aliphatic carbocycles. The summed E-state index contributed by atoms with van der Waals surface area (Å²) < 4.78 is 27.5. The van der Waals surface area contributed by atoms with Crippen LogP contribution in [-0.4, -0.2) is 18.2 Å². The highest BCUT2D eigenvalue weighted by molar-refractivity contribution is 7.90. The van der Waals surface area contributed by atoms with Gasteiger partial charge in [-0.25, -0.2) is 8.42 Å². The van der Waals surface area contributed by atoms with Gasteiger partial charge >= 0.3 is 0 Å². The summed E-state index contributed by atoms with van der Waals surface area (Å²) in [6.45, 7) is 7.93. The Hall–Kier alpha value is -1.62. The fourth-order valence-electron chi connectivity index (χ4n) is 2.69. The molecule has 0 amide bonds. The predicted octanol–water partition coefficient (Wildman–Crippen LogP) is 3.78. The molecule has 1 aromatic heterocycles. The zero-order valence-corrected chi connectivity index (χ0v) is 14.4. The Kier molecular flexibility index (Phi) is 5.06. The second kappa shape index (κ2) is 6.65. The molecule has 1 heterocycles. The summed E-state index contributed by atoms with van der Waals surface area (Å²) in [5, 5.41) is 3.87. The van der Waals surface area contributed by atoms with Crippen molar-refractivity contribution in [2.24, 2.45) is 5.92 Å². The number of hydrogen-bond acceptors (Lipinski definition) is 3. The van der Waals surface area contributed by atoms with Crippen LogP contribution >= 0.6 is 0 Å². The van der Waals surface area contributed by atoms with Gasteiger partial charge in [0.2, 0.25) is 0 Å². The van der Waals surface area contributed by atoms with Gasteiger partial charge in [-0.05, 0) is 31.4 Å². The molecule has 1 aromatic carbocycles. The van der Waals surface area contributed by atoms with Gasteiger partial charge in [-0.1, -0.05) is 44.2 Å². The Morgan fingerprint density at radius 2 is 1.68 bits per heavy atom. The zero-order chi connectivity index (χ0) is 16.3. The maximum atomic E-state index is 12.9. The van der Waals surface area contributed by atoms with E-state index in [4.69, 9.17) is 0 Å². The molecule has 1 unspecified atom stereocenters. The van der Waals surface area contributed by atoms with Gasteiger partial charge in [0, 0.05) is 12.2 Å². The fraction of sp³-hybridized carbons (Fsp3) is 0.471. The van der Waals surface area contributed by atoms with Crippen molar-refractivity contribution in [2.45, 2.75) is 44.7 Å². The third-order valence-electron chi connectivity index (χ3n) is 3.66. The lowest BCUT2D eigenvalue weighted by Crippen LogP contribution is -2.21. The van der Waals surface area contributed by atoms with Gasteiger partial charge in [-0.15, -0.1) is 0 Å². The number of benzene rings is 1. The molecule has 0 saturated carbocycles. The van der Waals surface area contributed by atoms with Gasteiger partial charge in [-0.3, -0.25) is 4.68 Å². The lowest BCUT2D eigenvalue weighted by molar-refractivity contribution is 0.523. The van der Waals surface area contributed by atoms with Crippen LogP contribution in [0.3, 0.4) is 0 Å². The molecular weight excluding hydrogens is 296 g/mol. The number of nitrogens with zero attached hydrogens (tertiary/aromatic N) is 2. The van der Waals surface area contributed by atoms with Gasteiger partial charge in [0.15, 0.2) is 9.84 Å². The molecule has 0 aliphatic rings. The molecule has 0 bridgehead atoms. The average Bonchev–Trinajstić information content (AvgIpc) is 2.87. The summed E-state index contributed by atoms with van der Waals surface area (Å²) in [6.07, 6.45) is 1.84. The van der Waals surface area contributed by atoms with E-state index < -0.39 is 15.1 Å². The first-order valence-electron chi connectivity index (χ1n) is 7.62. The quantitative estimate of drug-likeness (QED) is 0.814. The number of sulfone groups is 1. The molecule has 0 saturated heterocycles. The Balaban J connectivity index is 2.30. The molecule has 22 heavy (non-hydrogen) atoms. The van der Waals surface area contributed by atoms with Crippen molar-refractivity contribution in [3.8, 4) is 0 Å². The lowest BCUT2D eigenvalue weighted by atomic mass is 10.0. The van der Waals surface area contributed by atoms with Crippen molar-refractivity contribution in [2.75, 3.05) is 0 Å². The van der Waals surface area contributed by atoms with E-state index >= 15 is 0 Å². The Morgan fingerprint density at radius 1 is 1.05 bits per heavy atom. The largest absolute Gasteiger partial charge is 0.270 e. The zero-order valence-electron chi connectivity index (χ0n) is 13.6. The minimum absolute atomic E-state index is 0.0135. The number of aromatic nitrogens is 2. The van der Waals surface area contributed by atoms with E-state index in [9.17, 15) is 8.42 Å². The van der Waals surface area contributed by atoms with Gasteiger partial charge in [-0.2, -0.15) is 5.10 Å². The Morgan fingerprint density at radius 3 is 2.18 bits per heavy atom. The highest BCUT2D eigenvalue weighted by Crippen LogP contribution is 2.32. The van der Waals surface area contributed by atoms with Crippen LogP contribution in [0.25, 0.3) is 0 Å². The van der Waals surface area contributed by atoms with Crippen molar-refractivity contribution in [1.82, 2.24) is 9.78 Å². The van der Waals surface area contributed by atoms with Crippen LogP contribution in [-0.2, 0) is 15.6 Å². The highest BCUT2D eigenvalue weighted by Gasteiger charge is 2.30. The van der Waals surface area contributed by atoms with Crippen LogP contribution in [0, 0.1) is 5.92 Å². The van der Waals surface area contributed by atoms with Crippen LogP contribution in [0.15, 0.2) is 42.6 Å². The topological polar surface area (TPSA) is 52.0 Å². The fourth-order valence-corrected chi connectivity index (χ4v) is 4.83. The normalized spacial score (nSPS) is 13.7. The third kappa shape index (κ3) is 3.77. The molecule has 4 nitrogen and oxygen atoms in total. The average molecular weight is 320 g/mol. The van der Waals surface area contributed by atoms with Crippen LogP contribution in [0.2, 0.25) is 0 Å². The summed E-state index contributed by atoms with van der Waals surface area (Å²) in [7, 11) is -3.32. The molecular formula is C17H24N2O2S. The summed E-state index contributed by atoms with van der Waals surface area (Å²) in [5.41, 5.74) is 1.45. The number of hydrogen-bond donors (Lipinski definition) is 0. The van der Waals surface area contributed by atoms with Crippen molar-refractivity contribution < 1.29 is 8.42 Å². The summed E-state index contributed by atoms with van der Waals surface area (Å²) >= 11 is 0. The molecule has 0 N–H and O–H groups in total. The van der Waals surface area contributed by atoms with Gasteiger partial charge in [0.25, 0.3) is 0 Å². The minimum atomic E-state index is -3.32. The third-order valence-corrected chi connectivity index (χ3v) is 5.95. The monoisotopic (exact) mass is 320 g/mol. The number of rotatable bonds is 6. The van der Waals surface area contributed by atoms with E-state index in [1.165, 1.54) is 0 Å². The highest BCUT2D eigenvalue weighted by atomic mass is 32.2. The van der Waals surface area contributed by atoms with E-state index in [0.717, 1.165) is 5.56 Å². The maximum absolute atomic E-state index is 12.9. The van der Waals surface area contributed by atoms with Gasteiger partial charge in [0.1, 0.15) is 0 Å². The summed E-state index contributed by atoms with van der Waals surface area (Å²) in [5.74, 6) is -0.00985. The second-order valence-corrected chi connectivity index (χ2v) is 8.39. The molecule has 0 aliphatic heterocycles. The van der Waals surface area contributed by atoms with E-state index in [1.807, 2.05) is 64.2 Å². The van der Waals surface area contributed by atoms with E-state index in [1.54, 1.807) is 10.7 Å². The summed E-state index contributed by atoms with van der Waals surface area (Å²) in [6, 6.07) is 11.5. The molecule has 0 fully saturated rings. The molecule has 2 aromatic rings. The molecule has 120 valence electrons. The van der Waals surface area contributed by atoms with Crippen molar-refractivity contribution >= 4 is 9.84 Å². The van der Waals surface area contributed by atoms with E-state index in [0.29, 0.717) is 5.69 Å². The SMILES string of the molecule is CC(C)C(c1ccccc1)S(=O)(=O)Cc1ccn(C(C)C)n1. The molecule has 0 radical (unpaired) electrons. The van der Waals surface area contributed by atoms with Crippen molar-refractivity contribution in [3.63, 3.8) is 0 Å². The van der Waals surface area contributed by atoms with Gasteiger partial charge < -0.3 is 0 Å². The van der Waals surface area contributed by atoms with E-state index in [2.05, 4.69) is 5.10 Å². The smallest absolute Gasteiger partial charge is 0.163 e. The standard InChI is InChI=1S/C17H24N2O2S/c1-13(2)17(15-8-6-5-7-9-15)22(20,21)12-16-10-11-19(18-16)14(3)4/h5-11,13-14,17H,12H2,1-4H3. The first-order chi connectivity index (χ1) is 10.3. The minimum Gasteiger partial charge on any atom is -0.270 e. The Labute approximate surface area is 133 Å². The van der Waals surface area contributed by atoms with Crippen LogP contribution in [0.5, 0.6) is 0 Å². The maximum Gasteiger partial charge on any atom is 0.163 e. The molecule has 5 heteroatoms.